The summed E-state index contributed by atoms with van der Waals surface area (Å²) in [6, 6.07) is 8.92. The summed E-state index contributed by atoms with van der Waals surface area (Å²) in [4.78, 5) is 2.49. The van der Waals surface area contributed by atoms with Crippen LogP contribution in [0.4, 0.5) is 0 Å². The van der Waals surface area contributed by atoms with E-state index in [9.17, 15) is 0 Å². The minimum absolute atomic E-state index is 0.735. The summed E-state index contributed by atoms with van der Waals surface area (Å²) in [5.74, 6) is 1.81. The molecule has 3 heteroatoms. The summed E-state index contributed by atoms with van der Waals surface area (Å²) in [7, 11) is 2.24. The number of hydrogen-bond acceptors (Lipinski definition) is 2. The molecule has 1 saturated heterocycles. The highest BCUT2D eigenvalue weighted by Crippen LogP contribution is 2.37. The molecule has 98 valence electrons. The van der Waals surface area contributed by atoms with Gasteiger partial charge in [0.1, 0.15) is 0 Å². The Morgan fingerprint density at radius 3 is 2.56 bits per heavy atom. The number of rotatable bonds is 3. The van der Waals surface area contributed by atoms with Crippen LogP contribution >= 0.6 is 11.6 Å². The molecule has 18 heavy (non-hydrogen) atoms. The Labute approximate surface area is 114 Å². The maximum Gasteiger partial charge on any atom is 0.0451 e. The highest BCUT2D eigenvalue weighted by atomic mass is 35.5. The largest absolute Gasteiger partial charge is 0.316 e. The second-order valence-corrected chi connectivity index (χ2v) is 6.22. The van der Waals surface area contributed by atoms with E-state index in [4.69, 9.17) is 11.6 Å². The van der Waals surface area contributed by atoms with Crippen molar-refractivity contribution in [3.05, 3.63) is 34.9 Å². The van der Waals surface area contributed by atoms with Gasteiger partial charge in [0.05, 0.1) is 0 Å². The standard InChI is InChI=1S/C15H21ClN2/c1-18(10-11-4-2-3-5-15(11)16)14-6-12-8-17-9-13(12)7-14/h2-5,12-14,17H,6-10H2,1H3. The molecular formula is C15H21ClN2. The highest BCUT2D eigenvalue weighted by molar-refractivity contribution is 6.31. The Bertz CT molecular complexity index is 409. The number of halogens is 1. The van der Waals surface area contributed by atoms with Crippen molar-refractivity contribution in [2.45, 2.75) is 25.4 Å². The third kappa shape index (κ3) is 2.42. The van der Waals surface area contributed by atoms with Crippen molar-refractivity contribution < 1.29 is 0 Å². The van der Waals surface area contributed by atoms with Gasteiger partial charge in [-0.2, -0.15) is 0 Å². The molecule has 2 unspecified atom stereocenters. The van der Waals surface area contributed by atoms with Crippen molar-refractivity contribution in [1.82, 2.24) is 10.2 Å². The maximum atomic E-state index is 6.23. The summed E-state index contributed by atoms with van der Waals surface area (Å²) in [5, 5.41) is 4.40. The summed E-state index contributed by atoms with van der Waals surface area (Å²) in [6.07, 6.45) is 2.69. The van der Waals surface area contributed by atoms with Crippen molar-refractivity contribution in [2.75, 3.05) is 20.1 Å². The third-order valence-electron chi connectivity index (χ3n) is 4.63. The normalized spacial score (nSPS) is 30.9. The Morgan fingerprint density at radius 2 is 1.89 bits per heavy atom. The van der Waals surface area contributed by atoms with E-state index in [0.717, 1.165) is 29.4 Å². The van der Waals surface area contributed by atoms with Gasteiger partial charge in [0.2, 0.25) is 0 Å². The molecule has 0 aromatic heterocycles. The molecule has 1 aliphatic heterocycles. The second-order valence-electron chi connectivity index (χ2n) is 5.81. The summed E-state index contributed by atoms with van der Waals surface area (Å²) in [6.45, 7) is 3.42. The van der Waals surface area contributed by atoms with Crippen LogP contribution in [0.25, 0.3) is 0 Å². The van der Waals surface area contributed by atoms with E-state index in [2.05, 4.69) is 29.4 Å². The van der Waals surface area contributed by atoms with Crippen molar-refractivity contribution in [1.29, 1.82) is 0 Å². The molecule has 1 aliphatic carbocycles. The van der Waals surface area contributed by atoms with Crippen molar-refractivity contribution in [2.24, 2.45) is 11.8 Å². The van der Waals surface area contributed by atoms with E-state index in [-0.39, 0.29) is 0 Å². The van der Waals surface area contributed by atoms with Gasteiger partial charge in [-0.3, -0.25) is 4.90 Å². The van der Waals surface area contributed by atoms with Gasteiger partial charge in [0.25, 0.3) is 0 Å². The van der Waals surface area contributed by atoms with E-state index >= 15 is 0 Å². The first kappa shape index (κ1) is 12.5. The van der Waals surface area contributed by atoms with Crippen LogP contribution in [-0.2, 0) is 6.54 Å². The smallest absolute Gasteiger partial charge is 0.0451 e. The fourth-order valence-corrected chi connectivity index (χ4v) is 3.71. The summed E-state index contributed by atoms with van der Waals surface area (Å²) in [5.41, 5.74) is 1.25. The van der Waals surface area contributed by atoms with Gasteiger partial charge in [0.15, 0.2) is 0 Å². The first-order valence-corrected chi connectivity index (χ1v) is 7.26. The topological polar surface area (TPSA) is 15.3 Å². The number of benzene rings is 1. The van der Waals surface area contributed by atoms with Gasteiger partial charge in [0, 0.05) is 17.6 Å². The molecular weight excluding hydrogens is 244 g/mol. The molecule has 1 aromatic carbocycles. The lowest BCUT2D eigenvalue weighted by Gasteiger charge is -2.25. The predicted octanol–water partition coefficient (Wildman–Crippen LogP) is 2.77. The SMILES string of the molecule is CN(Cc1ccccc1Cl)C1CC2CNCC2C1. The first-order valence-electron chi connectivity index (χ1n) is 6.88. The van der Waals surface area contributed by atoms with Gasteiger partial charge in [-0.1, -0.05) is 29.8 Å². The van der Waals surface area contributed by atoms with Crippen LogP contribution in [0.5, 0.6) is 0 Å². The molecule has 0 amide bonds. The molecule has 2 aliphatic rings. The van der Waals surface area contributed by atoms with Gasteiger partial charge in [-0.25, -0.2) is 0 Å². The molecule has 1 N–H and O–H groups in total. The third-order valence-corrected chi connectivity index (χ3v) is 5.00. The minimum atomic E-state index is 0.735. The van der Waals surface area contributed by atoms with Crippen molar-refractivity contribution in [3.8, 4) is 0 Å². The first-order chi connectivity index (χ1) is 8.74. The van der Waals surface area contributed by atoms with E-state index in [1.54, 1.807) is 0 Å². The number of fused-ring (bicyclic) bond motifs is 1. The second kappa shape index (κ2) is 5.20. The summed E-state index contributed by atoms with van der Waals surface area (Å²) < 4.78 is 0. The average Bonchev–Trinajstić information content (AvgIpc) is 2.92. The molecule has 2 nitrogen and oxygen atoms in total. The van der Waals surface area contributed by atoms with Crippen molar-refractivity contribution in [3.63, 3.8) is 0 Å². The van der Waals surface area contributed by atoms with Gasteiger partial charge in [-0.05, 0) is 56.4 Å². The van der Waals surface area contributed by atoms with E-state index in [1.165, 1.54) is 31.5 Å². The quantitative estimate of drug-likeness (QED) is 0.903. The van der Waals surface area contributed by atoms with Crippen LogP contribution in [0.2, 0.25) is 5.02 Å². The Balaban J connectivity index is 1.62. The average molecular weight is 265 g/mol. The van der Waals surface area contributed by atoms with Crippen LogP contribution in [0.15, 0.2) is 24.3 Å². The lowest BCUT2D eigenvalue weighted by Crippen LogP contribution is -2.30. The molecule has 2 fully saturated rings. The van der Waals surface area contributed by atoms with E-state index in [0.29, 0.717) is 0 Å². The van der Waals surface area contributed by atoms with Crippen LogP contribution < -0.4 is 5.32 Å². The Kier molecular flexibility index (Phi) is 3.60. The number of nitrogens with one attached hydrogen (secondary N) is 1. The lowest BCUT2D eigenvalue weighted by atomic mass is 10.0. The number of hydrogen-bond donors (Lipinski definition) is 1. The van der Waals surface area contributed by atoms with E-state index < -0.39 is 0 Å². The minimum Gasteiger partial charge on any atom is -0.316 e. The fourth-order valence-electron chi connectivity index (χ4n) is 3.52. The molecule has 0 spiro atoms. The molecule has 3 rings (SSSR count). The zero-order chi connectivity index (χ0) is 12.5. The zero-order valence-electron chi connectivity index (χ0n) is 10.9. The van der Waals surface area contributed by atoms with Gasteiger partial charge in [-0.15, -0.1) is 0 Å². The zero-order valence-corrected chi connectivity index (χ0v) is 11.7. The molecule has 2 atom stereocenters. The lowest BCUT2D eigenvalue weighted by molar-refractivity contribution is 0.227. The van der Waals surface area contributed by atoms with Crippen molar-refractivity contribution >= 4 is 11.6 Å². The predicted molar refractivity (Wildman–Crippen MR) is 75.8 cm³/mol. The molecule has 1 heterocycles. The van der Waals surface area contributed by atoms with Gasteiger partial charge < -0.3 is 5.32 Å². The molecule has 1 saturated carbocycles. The van der Waals surface area contributed by atoms with Crippen LogP contribution in [-0.4, -0.2) is 31.1 Å². The molecule has 0 bridgehead atoms. The van der Waals surface area contributed by atoms with Gasteiger partial charge >= 0.3 is 0 Å². The Morgan fingerprint density at radius 1 is 1.22 bits per heavy atom. The van der Waals surface area contributed by atoms with Crippen LogP contribution in [0.3, 0.4) is 0 Å². The van der Waals surface area contributed by atoms with E-state index in [1.807, 2.05) is 12.1 Å². The monoisotopic (exact) mass is 264 g/mol. The van der Waals surface area contributed by atoms with Crippen LogP contribution in [0.1, 0.15) is 18.4 Å². The Hall–Kier alpha value is -0.570. The highest BCUT2D eigenvalue weighted by Gasteiger charge is 2.38. The fraction of sp³-hybridized carbons (Fsp3) is 0.600. The molecule has 0 radical (unpaired) electrons. The number of nitrogens with zero attached hydrogens (tertiary/aromatic N) is 1. The molecule has 1 aromatic rings. The maximum absolute atomic E-state index is 6.23. The van der Waals surface area contributed by atoms with Crippen LogP contribution in [0, 0.1) is 11.8 Å². The summed E-state index contributed by atoms with van der Waals surface area (Å²) >= 11 is 6.23.